The Balaban J connectivity index is 2.09. The summed E-state index contributed by atoms with van der Waals surface area (Å²) in [6.45, 7) is 5.76. The first kappa shape index (κ1) is 13.1. The molecule has 2 aromatic rings. The first-order valence-corrected chi connectivity index (χ1v) is 6.03. The first-order chi connectivity index (χ1) is 9.08. The van der Waals surface area contributed by atoms with Gasteiger partial charge in [-0.2, -0.15) is 5.10 Å². The van der Waals surface area contributed by atoms with Crippen LogP contribution in [0.5, 0.6) is 0 Å². The molecule has 0 bridgehead atoms. The second kappa shape index (κ2) is 5.52. The lowest BCUT2D eigenvalue weighted by Gasteiger charge is -2.04. The zero-order valence-corrected chi connectivity index (χ0v) is 11.2. The molecule has 0 aliphatic heterocycles. The van der Waals surface area contributed by atoms with E-state index in [9.17, 15) is 4.79 Å². The second-order valence-corrected chi connectivity index (χ2v) is 4.41. The third-order valence-electron chi connectivity index (χ3n) is 2.97. The highest BCUT2D eigenvalue weighted by molar-refractivity contribution is 5.99. The molecule has 98 valence electrons. The van der Waals surface area contributed by atoms with E-state index in [1.165, 1.54) is 0 Å². The van der Waals surface area contributed by atoms with Gasteiger partial charge in [-0.1, -0.05) is 6.07 Å². The van der Waals surface area contributed by atoms with E-state index in [4.69, 9.17) is 4.42 Å². The van der Waals surface area contributed by atoms with Gasteiger partial charge in [0, 0.05) is 5.56 Å². The van der Waals surface area contributed by atoms with Crippen molar-refractivity contribution in [2.24, 2.45) is 5.10 Å². The molecule has 1 N–H and O–H groups in total. The molecule has 0 atom stereocenters. The minimum atomic E-state index is -0.228. The predicted octanol–water partition coefficient (Wildman–Crippen LogP) is 3.05. The van der Waals surface area contributed by atoms with Crippen LogP contribution in [0, 0.1) is 13.8 Å². The van der Waals surface area contributed by atoms with Crippen molar-refractivity contribution in [3.63, 3.8) is 0 Å². The van der Waals surface area contributed by atoms with Crippen LogP contribution in [0.2, 0.25) is 0 Å². The Morgan fingerprint density at radius 2 is 2.00 bits per heavy atom. The highest BCUT2D eigenvalue weighted by atomic mass is 16.3. The molecule has 19 heavy (non-hydrogen) atoms. The highest BCUT2D eigenvalue weighted by Gasteiger charge is 2.06. The lowest BCUT2D eigenvalue weighted by molar-refractivity contribution is 0.0954. The molecule has 0 aliphatic rings. The van der Waals surface area contributed by atoms with Gasteiger partial charge in [-0.3, -0.25) is 4.79 Å². The fourth-order valence-electron chi connectivity index (χ4n) is 1.62. The lowest BCUT2D eigenvalue weighted by Crippen LogP contribution is -2.19. The van der Waals surface area contributed by atoms with E-state index in [1.54, 1.807) is 31.4 Å². The van der Waals surface area contributed by atoms with Crippen LogP contribution in [-0.4, -0.2) is 11.6 Å². The molecular formula is C15H16N2O2. The summed E-state index contributed by atoms with van der Waals surface area (Å²) in [5.41, 5.74) is 5.99. The number of hydrazone groups is 1. The second-order valence-electron chi connectivity index (χ2n) is 4.41. The summed E-state index contributed by atoms with van der Waals surface area (Å²) in [5, 5.41) is 4.02. The first-order valence-electron chi connectivity index (χ1n) is 6.03. The number of aryl methyl sites for hydroxylation is 2. The number of furan rings is 1. The third-order valence-corrected chi connectivity index (χ3v) is 2.97. The summed E-state index contributed by atoms with van der Waals surface area (Å²) in [5.74, 6) is 0.411. The summed E-state index contributed by atoms with van der Waals surface area (Å²) >= 11 is 0. The Hall–Kier alpha value is -2.36. The summed E-state index contributed by atoms with van der Waals surface area (Å²) in [4.78, 5) is 11.9. The van der Waals surface area contributed by atoms with Gasteiger partial charge in [0.2, 0.25) is 0 Å². The number of benzene rings is 1. The highest BCUT2D eigenvalue weighted by Crippen LogP contribution is 2.09. The predicted molar refractivity (Wildman–Crippen MR) is 74.3 cm³/mol. The minimum absolute atomic E-state index is 0.228. The van der Waals surface area contributed by atoms with E-state index in [0.717, 1.165) is 11.1 Å². The minimum Gasteiger partial charge on any atom is -0.463 e. The SMILES string of the molecule is CC(=NNC(=O)c1ccc(C)c(C)c1)c1ccco1. The summed E-state index contributed by atoms with van der Waals surface area (Å²) in [6.07, 6.45) is 1.57. The Morgan fingerprint density at radius 3 is 2.63 bits per heavy atom. The summed E-state index contributed by atoms with van der Waals surface area (Å²) in [6, 6.07) is 9.13. The Bertz CT molecular complexity index is 613. The number of carbonyl (C=O) groups is 1. The number of carbonyl (C=O) groups excluding carboxylic acids is 1. The molecule has 1 amide bonds. The van der Waals surface area contributed by atoms with E-state index < -0.39 is 0 Å². The van der Waals surface area contributed by atoms with Crippen molar-refractivity contribution in [2.45, 2.75) is 20.8 Å². The Labute approximate surface area is 112 Å². The fourth-order valence-corrected chi connectivity index (χ4v) is 1.62. The van der Waals surface area contributed by atoms with E-state index in [-0.39, 0.29) is 5.91 Å². The molecule has 1 aromatic heterocycles. The van der Waals surface area contributed by atoms with Gasteiger partial charge in [0.25, 0.3) is 5.91 Å². The van der Waals surface area contributed by atoms with E-state index >= 15 is 0 Å². The van der Waals surface area contributed by atoms with E-state index in [0.29, 0.717) is 17.0 Å². The standard InChI is InChI=1S/C15H16N2O2/c1-10-6-7-13(9-11(10)2)15(18)17-16-12(3)14-5-4-8-19-14/h4-9H,1-3H3,(H,17,18). The normalized spacial score (nSPS) is 11.4. The van der Waals surface area contributed by atoms with Crippen LogP contribution in [-0.2, 0) is 0 Å². The molecule has 0 unspecified atom stereocenters. The fraction of sp³-hybridized carbons (Fsp3) is 0.200. The van der Waals surface area contributed by atoms with Crippen molar-refractivity contribution in [3.8, 4) is 0 Å². The quantitative estimate of drug-likeness (QED) is 0.677. The van der Waals surface area contributed by atoms with Crippen LogP contribution in [0.25, 0.3) is 0 Å². The van der Waals surface area contributed by atoms with Gasteiger partial charge in [0.1, 0.15) is 11.5 Å². The number of hydrogen-bond acceptors (Lipinski definition) is 3. The summed E-state index contributed by atoms with van der Waals surface area (Å²) < 4.78 is 5.19. The van der Waals surface area contributed by atoms with Crippen LogP contribution in [0.15, 0.2) is 46.1 Å². The van der Waals surface area contributed by atoms with Gasteiger partial charge in [-0.25, -0.2) is 5.43 Å². The zero-order valence-electron chi connectivity index (χ0n) is 11.2. The largest absolute Gasteiger partial charge is 0.463 e. The van der Waals surface area contributed by atoms with Crippen molar-refractivity contribution in [1.29, 1.82) is 0 Å². The van der Waals surface area contributed by atoms with Crippen LogP contribution < -0.4 is 5.43 Å². The third kappa shape index (κ3) is 3.10. The maximum absolute atomic E-state index is 11.9. The van der Waals surface area contributed by atoms with Crippen molar-refractivity contribution < 1.29 is 9.21 Å². The van der Waals surface area contributed by atoms with Crippen molar-refractivity contribution in [3.05, 3.63) is 59.0 Å². The molecule has 0 saturated carbocycles. The van der Waals surface area contributed by atoms with Gasteiger partial charge in [0.05, 0.1) is 6.26 Å². The molecule has 0 saturated heterocycles. The van der Waals surface area contributed by atoms with E-state index in [2.05, 4.69) is 10.5 Å². The average Bonchev–Trinajstić information content (AvgIpc) is 2.92. The number of nitrogens with one attached hydrogen (secondary N) is 1. The Kier molecular flexibility index (Phi) is 3.80. The van der Waals surface area contributed by atoms with Gasteiger partial charge in [0.15, 0.2) is 0 Å². The number of rotatable bonds is 3. The zero-order chi connectivity index (χ0) is 13.8. The molecule has 1 heterocycles. The van der Waals surface area contributed by atoms with Gasteiger partial charge < -0.3 is 4.42 Å². The molecule has 2 rings (SSSR count). The van der Waals surface area contributed by atoms with E-state index in [1.807, 2.05) is 26.0 Å². The van der Waals surface area contributed by atoms with Gasteiger partial charge in [-0.05, 0) is 56.2 Å². The number of hydrogen-bond donors (Lipinski definition) is 1. The topological polar surface area (TPSA) is 54.6 Å². The monoisotopic (exact) mass is 256 g/mol. The van der Waals surface area contributed by atoms with Crippen molar-refractivity contribution >= 4 is 11.6 Å². The van der Waals surface area contributed by atoms with Crippen molar-refractivity contribution in [1.82, 2.24) is 5.43 Å². The van der Waals surface area contributed by atoms with Crippen LogP contribution in [0.1, 0.15) is 34.2 Å². The van der Waals surface area contributed by atoms with Crippen molar-refractivity contribution in [2.75, 3.05) is 0 Å². The number of amides is 1. The molecule has 4 heteroatoms. The lowest BCUT2D eigenvalue weighted by atomic mass is 10.1. The van der Waals surface area contributed by atoms with Crippen LogP contribution in [0.4, 0.5) is 0 Å². The van der Waals surface area contributed by atoms with Crippen LogP contribution in [0.3, 0.4) is 0 Å². The van der Waals surface area contributed by atoms with Gasteiger partial charge >= 0.3 is 0 Å². The molecule has 0 spiro atoms. The smallest absolute Gasteiger partial charge is 0.271 e. The maximum atomic E-state index is 11.9. The summed E-state index contributed by atoms with van der Waals surface area (Å²) in [7, 11) is 0. The Morgan fingerprint density at radius 1 is 1.21 bits per heavy atom. The molecule has 0 radical (unpaired) electrons. The van der Waals surface area contributed by atoms with Crippen LogP contribution >= 0.6 is 0 Å². The molecule has 0 aliphatic carbocycles. The molecule has 1 aromatic carbocycles. The maximum Gasteiger partial charge on any atom is 0.271 e. The molecule has 4 nitrogen and oxygen atoms in total. The average molecular weight is 256 g/mol. The number of nitrogens with zero attached hydrogens (tertiary/aromatic N) is 1. The molecule has 0 fully saturated rings. The molecular weight excluding hydrogens is 240 g/mol. The van der Waals surface area contributed by atoms with Gasteiger partial charge in [-0.15, -0.1) is 0 Å².